The van der Waals surface area contributed by atoms with Gasteiger partial charge in [0, 0.05) is 6.07 Å². The molecule has 0 radical (unpaired) electrons. The Morgan fingerprint density at radius 3 is 2.65 bits per heavy atom. The molecule has 2 rings (SSSR count). The lowest BCUT2D eigenvalue weighted by molar-refractivity contribution is -0.387. The second kappa shape index (κ2) is 5.89. The number of rotatable bonds is 4. The minimum Gasteiger partial charge on any atom is -0.476 e. The summed E-state index contributed by atoms with van der Waals surface area (Å²) in [4.78, 5) is 25.6. The average molecular weight is 311 g/mol. The molecule has 0 bridgehead atoms. The average Bonchev–Trinajstić information content (AvgIpc) is 2.41. The largest absolute Gasteiger partial charge is 0.476 e. The van der Waals surface area contributed by atoms with E-state index in [9.17, 15) is 14.9 Å². The molecule has 1 N–H and O–H groups in total. The Hall–Kier alpha value is -2.12. The Kier molecular flexibility index (Phi) is 4.21. The Labute approximate surface area is 122 Å². The van der Waals surface area contributed by atoms with Gasteiger partial charge in [-0.15, -0.1) is 0 Å². The zero-order valence-corrected chi connectivity index (χ0v) is 11.4. The minimum atomic E-state index is -1.25. The van der Waals surface area contributed by atoms with E-state index < -0.39 is 10.9 Å². The number of aromatic carboxylic acids is 1. The standard InChI is InChI=1S/C12H7ClN2O4S/c13-7-5-6-10(14-11(7)12(16)17)20-9-4-2-1-3-8(9)15(18)19/h1-6H,(H,16,17). The highest BCUT2D eigenvalue weighted by atomic mass is 35.5. The van der Waals surface area contributed by atoms with Crippen molar-refractivity contribution in [2.24, 2.45) is 0 Å². The van der Waals surface area contributed by atoms with Gasteiger partial charge in [-0.1, -0.05) is 35.5 Å². The lowest BCUT2D eigenvalue weighted by Gasteiger charge is -2.04. The summed E-state index contributed by atoms with van der Waals surface area (Å²) in [6.45, 7) is 0. The van der Waals surface area contributed by atoms with Gasteiger partial charge >= 0.3 is 5.97 Å². The molecule has 0 unspecified atom stereocenters. The molecule has 6 nitrogen and oxygen atoms in total. The number of halogens is 1. The van der Waals surface area contributed by atoms with Gasteiger partial charge in [-0.25, -0.2) is 9.78 Å². The smallest absolute Gasteiger partial charge is 0.356 e. The summed E-state index contributed by atoms with van der Waals surface area (Å²) < 4.78 is 0. The van der Waals surface area contributed by atoms with Gasteiger partial charge in [0.15, 0.2) is 5.69 Å². The van der Waals surface area contributed by atoms with Crippen LogP contribution < -0.4 is 0 Å². The van der Waals surface area contributed by atoms with Gasteiger partial charge in [-0.05, 0) is 18.2 Å². The predicted molar refractivity (Wildman–Crippen MR) is 73.4 cm³/mol. The van der Waals surface area contributed by atoms with Crippen molar-refractivity contribution in [2.75, 3.05) is 0 Å². The fourth-order valence-electron chi connectivity index (χ4n) is 1.44. The third-order valence-corrected chi connectivity index (χ3v) is 3.61. The number of nitro groups is 1. The number of nitro benzene ring substituents is 1. The first-order valence-electron chi connectivity index (χ1n) is 5.30. The van der Waals surface area contributed by atoms with Gasteiger partial charge in [-0.2, -0.15) is 0 Å². The Morgan fingerprint density at radius 1 is 1.30 bits per heavy atom. The number of pyridine rings is 1. The van der Waals surface area contributed by atoms with E-state index in [1.165, 1.54) is 18.2 Å². The maximum Gasteiger partial charge on any atom is 0.356 e. The summed E-state index contributed by atoms with van der Waals surface area (Å²) in [7, 11) is 0. The van der Waals surface area contributed by atoms with E-state index in [1.807, 2.05) is 0 Å². The molecular weight excluding hydrogens is 304 g/mol. The second-order valence-electron chi connectivity index (χ2n) is 3.61. The molecule has 0 atom stereocenters. The highest BCUT2D eigenvalue weighted by molar-refractivity contribution is 7.99. The molecule has 0 fully saturated rings. The minimum absolute atomic E-state index is 0.0180. The number of para-hydroxylation sites is 1. The van der Waals surface area contributed by atoms with Crippen molar-refractivity contribution in [2.45, 2.75) is 9.92 Å². The molecule has 0 spiro atoms. The van der Waals surface area contributed by atoms with Crippen LogP contribution in [0.4, 0.5) is 5.69 Å². The summed E-state index contributed by atoms with van der Waals surface area (Å²) >= 11 is 6.72. The maximum absolute atomic E-state index is 10.9. The molecule has 1 aromatic carbocycles. The highest BCUT2D eigenvalue weighted by Crippen LogP contribution is 2.34. The molecule has 0 saturated heterocycles. The zero-order valence-electron chi connectivity index (χ0n) is 9.82. The molecule has 0 aliphatic heterocycles. The SMILES string of the molecule is O=C(O)c1nc(Sc2ccccc2[N+](=O)[O-])ccc1Cl. The third-order valence-electron chi connectivity index (χ3n) is 2.30. The molecule has 0 aliphatic rings. The summed E-state index contributed by atoms with van der Waals surface area (Å²) in [5.74, 6) is -1.25. The Balaban J connectivity index is 2.38. The molecular formula is C12H7ClN2O4S. The number of nitrogens with zero attached hydrogens (tertiary/aromatic N) is 2. The lowest BCUT2D eigenvalue weighted by atomic mass is 10.3. The Morgan fingerprint density at radius 2 is 2.00 bits per heavy atom. The van der Waals surface area contributed by atoms with E-state index in [0.717, 1.165) is 11.8 Å². The molecule has 2 aromatic rings. The van der Waals surface area contributed by atoms with Crippen LogP contribution in [0.15, 0.2) is 46.3 Å². The molecule has 0 saturated carbocycles. The van der Waals surface area contributed by atoms with E-state index in [1.54, 1.807) is 18.2 Å². The highest BCUT2D eigenvalue weighted by Gasteiger charge is 2.16. The first-order valence-corrected chi connectivity index (χ1v) is 6.49. The molecule has 1 aromatic heterocycles. The van der Waals surface area contributed by atoms with Crippen LogP contribution in [0.5, 0.6) is 0 Å². The van der Waals surface area contributed by atoms with Crippen LogP contribution in [0, 0.1) is 10.1 Å². The summed E-state index contributed by atoms with van der Waals surface area (Å²) in [5.41, 5.74) is -0.346. The maximum atomic E-state index is 10.9. The van der Waals surface area contributed by atoms with E-state index >= 15 is 0 Å². The number of carbonyl (C=O) groups is 1. The number of hydrogen-bond donors (Lipinski definition) is 1. The van der Waals surface area contributed by atoms with Gasteiger partial charge in [-0.3, -0.25) is 10.1 Å². The monoisotopic (exact) mass is 310 g/mol. The van der Waals surface area contributed by atoms with E-state index in [4.69, 9.17) is 16.7 Å². The molecule has 8 heteroatoms. The van der Waals surface area contributed by atoms with Crippen LogP contribution in [0.2, 0.25) is 5.02 Å². The van der Waals surface area contributed by atoms with Crippen molar-refractivity contribution in [3.05, 3.63) is 57.2 Å². The van der Waals surface area contributed by atoms with Crippen LogP contribution in [-0.4, -0.2) is 21.0 Å². The summed E-state index contributed by atoms with van der Waals surface area (Å²) in [6.07, 6.45) is 0. The summed E-state index contributed by atoms with van der Waals surface area (Å²) in [6, 6.07) is 9.06. The fourth-order valence-corrected chi connectivity index (χ4v) is 2.52. The van der Waals surface area contributed by atoms with Gasteiger partial charge in [0.25, 0.3) is 5.69 Å². The normalized spacial score (nSPS) is 10.2. The summed E-state index contributed by atoms with van der Waals surface area (Å²) in [5, 5.41) is 20.2. The van der Waals surface area contributed by atoms with E-state index in [-0.39, 0.29) is 16.4 Å². The van der Waals surface area contributed by atoms with Crippen molar-refractivity contribution in [1.82, 2.24) is 4.98 Å². The van der Waals surface area contributed by atoms with Crippen LogP contribution in [0.25, 0.3) is 0 Å². The predicted octanol–water partition coefficient (Wildman–Crippen LogP) is 3.49. The zero-order chi connectivity index (χ0) is 14.7. The molecule has 0 aliphatic carbocycles. The third kappa shape index (κ3) is 3.06. The molecule has 20 heavy (non-hydrogen) atoms. The van der Waals surface area contributed by atoms with Crippen molar-refractivity contribution in [1.29, 1.82) is 0 Å². The van der Waals surface area contributed by atoms with Crippen LogP contribution >= 0.6 is 23.4 Å². The van der Waals surface area contributed by atoms with Crippen LogP contribution in [0.3, 0.4) is 0 Å². The van der Waals surface area contributed by atoms with E-state index in [2.05, 4.69) is 4.98 Å². The lowest BCUT2D eigenvalue weighted by Crippen LogP contribution is -2.02. The fraction of sp³-hybridized carbons (Fsp3) is 0. The molecule has 102 valence electrons. The number of benzene rings is 1. The van der Waals surface area contributed by atoms with Crippen molar-refractivity contribution < 1.29 is 14.8 Å². The second-order valence-corrected chi connectivity index (χ2v) is 5.08. The number of carboxylic acid groups (broad SMARTS) is 1. The number of aromatic nitrogens is 1. The van der Waals surface area contributed by atoms with Crippen LogP contribution in [0.1, 0.15) is 10.5 Å². The van der Waals surface area contributed by atoms with Gasteiger partial charge in [0.05, 0.1) is 14.8 Å². The van der Waals surface area contributed by atoms with Crippen molar-refractivity contribution >= 4 is 35.0 Å². The van der Waals surface area contributed by atoms with Crippen molar-refractivity contribution in [3.63, 3.8) is 0 Å². The first-order chi connectivity index (χ1) is 9.49. The topological polar surface area (TPSA) is 93.3 Å². The number of hydrogen-bond acceptors (Lipinski definition) is 5. The number of carboxylic acids is 1. The van der Waals surface area contributed by atoms with Gasteiger partial charge < -0.3 is 5.11 Å². The first kappa shape index (κ1) is 14.3. The molecule has 1 heterocycles. The Bertz CT molecular complexity index is 693. The van der Waals surface area contributed by atoms with Gasteiger partial charge in [0.2, 0.25) is 0 Å². The quantitative estimate of drug-likeness (QED) is 0.686. The van der Waals surface area contributed by atoms with Crippen molar-refractivity contribution in [3.8, 4) is 0 Å². The van der Waals surface area contributed by atoms with Crippen LogP contribution in [-0.2, 0) is 0 Å². The van der Waals surface area contributed by atoms with E-state index in [0.29, 0.717) is 9.92 Å². The molecule has 0 amide bonds. The van der Waals surface area contributed by atoms with Gasteiger partial charge in [0.1, 0.15) is 5.03 Å².